The van der Waals surface area contributed by atoms with E-state index < -0.39 is 0 Å². The van der Waals surface area contributed by atoms with Gasteiger partial charge in [-0.05, 0) is 43.6 Å². The average Bonchev–Trinajstić information content (AvgIpc) is 2.35. The van der Waals surface area contributed by atoms with Crippen LogP contribution in [0.25, 0.3) is 0 Å². The molecular formula is C18H28O2. The van der Waals surface area contributed by atoms with E-state index in [0.717, 1.165) is 25.0 Å². The highest BCUT2D eigenvalue weighted by atomic mass is 16.5. The Morgan fingerprint density at radius 2 is 2.05 bits per heavy atom. The van der Waals surface area contributed by atoms with Crippen molar-refractivity contribution < 1.29 is 9.53 Å². The molecule has 0 saturated heterocycles. The third-order valence-electron chi connectivity index (χ3n) is 4.97. The van der Waals surface area contributed by atoms with Crippen LogP contribution in [0.2, 0.25) is 0 Å². The highest BCUT2D eigenvalue weighted by molar-refractivity contribution is 5.89. The number of allylic oxidation sites excluding steroid dienone is 4. The maximum Gasteiger partial charge on any atom is 0.147 e. The summed E-state index contributed by atoms with van der Waals surface area (Å²) >= 11 is 0. The molecule has 0 amide bonds. The summed E-state index contributed by atoms with van der Waals surface area (Å²) in [6, 6.07) is 0. The Morgan fingerprint density at radius 3 is 2.55 bits per heavy atom. The number of carbonyl (C=O) groups excluding carboxylic acids is 1. The number of hydrogen-bond donors (Lipinski definition) is 0. The molecule has 1 spiro atoms. The highest BCUT2D eigenvalue weighted by Gasteiger charge is 2.52. The van der Waals surface area contributed by atoms with Gasteiger partial charge in [-0.3, -0.25) is 4.79 Å². The number of Topliss-reactive ketones (excluding diaryl/α,β-unsaturated/α-hetero) is 1. The molecule has 0 bridgehead atoms. The van der Waals surface area contributed by atoms with Crippen molar-refractivity contribution in [3.05, 3.63) is 23.5 Å². The first kappa shape index (κ1) is 15.3. The van der Waals surface area contributed by atoms with E-state index in [1.807, 2.05) is 0 Å². The number of ketones is 1. The van der Waals surface area contributed by atoms with Crippen LogP contribution in [0, 0.1) is 16.7 Å². The van der Waals surface area contributed by atoms with Crippen LogP contribution in [0.3, 0.4) is 0 Å². The molecule has 1 atom stereocenters. The minimum atomic E-state index is -0.211. The Hall–Kier alpha value is -1.05. The first-order valence-corrected chi connectivity index (χ1v) is 7.80. The van der Waals surface area contributed by atoms with Gasteiger partial charge in [-0.2, -0.15) is 0 Å². The number of hydrogen-bond acceptors (Lipinski definition) is 2. The average molecular weight is 276 g/mol. The molecule has 0 aromatic rings. The molecule has 0 N–H and O–H groups in total. The van der Waals surface area contributed by atoms with E-state index in [1.54, 1.807) is 0 Å². The Kier molecular flexibility index (Phi) is 4.13. The van der Waals surface area contributed by atoms with Gasteiger partial charge in [0, 0.05) is 5.41 Å². The highest BCUT2D eigenvalue weighted by Crippen LogP contribution is 2.54. The second kappa shape index (κ2) is 5.38. The molecule has 112 valence electrons. The fourth-order valence-corrected chi connectivity index (χ4v) is 3.45. The summed E-state index contributed by atoms with van der Waals surface area (Å²) in [5.74, 6) is 1.74. The van der Waals surface area contributed by atoms with E-state index in [-0.39, 0.29) is 10.8 Å². The molecule has 0 radical (unpaired) electrons. The molecule has 2 nitrogen and oxygen atoms in total. The van der Waals surface area contributed by atoms with Crippen LogP contribution in [0.5, 0.6) is 0 Å². The van der Waals surface area contributed by atoms with Crippen LogP contribution in [0.4, 0.5) is 0 Å². The molecule has 2 heteroatoms. The molecule has 2 rings (SSSR count). The minimum Gasteiger partial charge on any atom is -0.498 e. The molecule has 0 heterocycles. The maximum absolute atomic E-state index is 12.8. The lowest BCUT2D eigenvalue weighted by Crippen LogP contribution is -2.47. The molecule has 0 fully saturated rings. The molecule has 0 unspecified atom stereocenters. The second-order valence-corrected chi connectivity index (χ2v) is 7.47. The summed E-state index contributed by atoms with van der Waals surface area (Å²) in [6.07, 6.45) is 7.87. The predicted molar refractivity (Wildman–Crippen MR) is 82.3 cm³/mol. The summed E-state index contributed by atoms with van der Waals surface area (Å²) in [5, 5.41) is 0. The van der Waals surface area contributed by atoms with Crippen LogP contribution in [0.1, 0.15) is 60.3 Å². The van der Waals surface area contributed by atoms with Gasteiger partial charge in [-0.15, -0.1) is 0 Å². The topological polar surface area (TPSA) is 26.3 Å². The molecule has 20 heavy (non-hydrogen) atoms. The second-order valence-electron chi connectivity index (χ2n) is 7.47. The normalized spacial score (nSPS) is 29.4. The lowest BCUT2D eigenvalue weighted by atomic mass is 9.54. The van der Waals surface area contributed by atoms with Gasteiger partial charge in [0.2, 0.25) is 0 Å². The third kappa shape index (κ3) is 2.70. The van der Waals surface area contributed by atoms with Gasteiger partial charge >= 0.3 is 0 Å². The van der Waals surface area contributed by atoms with E-state index in [1.165, 1.54) is 5.57 Å². The zero-order valence-corrected chi connectivity index (χ0v) is 13.6. The van der Waals surface area contributed by atoms with Crippen LogP contribution in [-0.2, 0) is 9.53 Å². The van der Waals surface area contributed by atoms with Crippen LogP contribution >= 0.6 is 0 Å². The van der Waals surface area contributed by atoms with Gasteiger partial charge in [0.15, 0.2) is 0 Å². The lowest BCUT2D eigenvalue weighted by Gasteiger charge is -2.48. The summed E-state index contributed by atoms with van der Waals surface area (Å²) < 4.78 is 5.83. The molecule has 0 aliphatic heterocycles. The van der Waals surface area contributed by atoms with Gasteiger partial charge in [0.1, 0.15) is 5.78 Å². The summed E-state index contributed by atoms with van der Waals surface area (Å²) in [6.45, 7) is 11.5. The lowest BCUT2D eigenvalue weighted by molar-refractivity contribution is -0.136. The molecular weight excluding hydrogens is 248 g/mol. The largest absolute Gasteiger partial charge is 0.498 e. The Balaban J connectivity index is 2.24. The van der Waals surface area contributed by atoms with Crippen molar-refractivity contribution in [2.45, 2.75) is 60.3 Å². The van der Waals surface area contributed by atoms with Gasteiger partial charge in [0.05, 0.1) is 18.8 Å². The van der Waals surface area contributed by atoms with Crippen molar-refractivity contribution in [2.24, 2.45) is 16.7 Å². The van der Waals surface area contributed by atoms with Crippen LogP contribution < -0.4 is 0 Å². The van der Waals surface area contributed by atoms with Gasteiger partial charge in [-0.1, -0.05) is 39.3 Å². The van der Waals surface area contributed by atoms with Crippen molar-refractivity contribution >= 4 is 5.78 Å². The Labute approximate surface area is 123 Å². The molecule has 2 aliphatic carbocycles. The first-order chi connectivity index (χ1) is 9.27. The monoisotopic (exact) mass is 276 g/mol. The first-order valence-electron chi connectivity index (χ1n) is 7.80. The van der Waals surface area contributed by atoms with Crippen LogP contribution in [-0.4, -0.2) is 12.4 Å². The van der Waals surface area contributed by atoms with E-state index in [9.17, 15) is 4.79 Å². The Morgan fingerprint density at radius 1 is 1.35 bits per heavy atom. The van der Waals surface area contributed by atoms with Crippen molar-refractivity contribution in [2.75, 3.05) is 6.61 Å². The summed E-state index contributed by atoms with van der Waals surface area (Å²) in [5.41, 5.74) is 1.09. The predicted octanol–water partition coefficient (Wildman–Crippen LogP) is 4.66. The van der Waals surface area contributed by atoms with Gasteiger partial charge in [-0.25, -0.2) is 0 Å². The third-order valence-corrected chi connectivity index (χ3v) is 4.97. The fourth-order valence-electron chi connectivity index (χ4n) is 3.45. The zero-order chi connectivity index (χ0) is 15.0. The number of rotatable bonds is 3. The van der Waals surface area contributed by atoms with E-state index in [0.29, 0.717) is 24.7 Å². The van der Waals surface area contributed by atoms with Gasteiger partial charge in [0.25, 0.3) is 0 Å². The number of carbonyl (C=O) groups is 1. The maximum atomic E-state index is 12.8. The van der Waals surface area contributed by atoms with Crippen molar-refractivity contribution in [1.29, 1.82) is 0 Å². The smallest absolute Gasteiger partial charge is 0.147 e. The molecule has 0 saturated carbocycles. The standard InChI is InChI=1S/C18H28O2/c1-13(2)12-20-15-10-16(19)18(17(4,5)11-15)8-6-14(3)7-9-18/h6,11,13H,7-10,12H2,1-5H3/t18-/m1/s1. The van der Waals surface area contributed by atoms with E-state index in [2.05, 4.69) is 46.8 Å². The summed E-state index contributed by atoms with van der Waals surface area (Å²) in [4.78, 5) is 12.8. The minimum absolute atomic E-state index is 0.119. The van der Waals surface area contributed by atoms with E-state index in [4.69, 9.17) is 4.74 Å². The Bertz CT molecular complexity index is 454. The van der Waals surface area contributed by atoms with Crippen molar-refractivity contribution in [3.8, 4) is 0 Å². The SMILES string of the molecule is CC1=CC[C@@]2(CC1)C(=O)CC(OCC(C)C)=CC2(C)C. The van der Waals surface area contributed by atoms with Gasteiger partial charge < -0.3 is 4.74 Å². The fraction of sp³-hybridized carbons (Fsp3) is 0.722. The van der Waals surface area contributed by atoms with E-state index >= 15 is 0 Å². The number of ether oxygens (including phenoxy) is 1. The van der Waals surface area contributed by atoms with Crippen molar-refractivity contribution in [1.82, 2.24) is 0 Å². The zero-order valence-electron chi connectivity index (χ0n) is 13.6. The summed E-state index contributed by atoms with van der Waals surface area (Å²) in [7, 11) is 0. The van der Waals surface area contributed by atoms with Crippen molar-refractivity contribution in [3.63, 3.8) is 0 Å². The molecule has 0 aromatic carbocycles. The van der Waals surface area contributed by atoms with Crippen LogP contribution in [0.15, 0.2) is 23.5 Å². The molecule has 2 aliphatic rings. The quantitative estimate of drug-likeness (QED) is 0.701. The molecule has 0 aromatic heterocycles.